The number of carboxylic acid groups (broad SMARTS) is 1. The smallest absolute Gasteiger partial charge is 0.335 e. The summed E-state index contributed by atoms with van der Waals surface area (Å²) in [5.41, 5.74) is 2.71. The van der Waals surface area contributed by atoms with Gasteiger partial charge >= 0.3 is 5.97 Å². The van der Waals surface area contributed by atoms with E-state index >= 15 is 0 Å². The fourth-order valence-corrected chi connectivity index (χ4v) is 4.11. The second-order valence-electron chi connectivity index (χ2n) is 4.16. The topological polar surface area (TPSA) is 50.2 Å². The molecule has 3 aromatic rings. The molecule has 3 rings (SSSR count). The van der Waals surface area contributed by atoms with E-state index in [-0.39, 0.29) is 5.56 Å². The fraction of sp³-hybridized carbons (Fsp3) is 0. The Morgan fingerprint density at radius 3 is 2.48 bits per heavy atom. The summed E-state index contributed by atoms with van der Waals surface area (Å²) in [5.74, 6) is -0.943. The maximum atomic E-state index is 10.8. The largest absolute Gasteiger partial charge is 0.478 e. The minimum atomic E-state index is -0.943. The highest BCUT2D eigenvalue weighted by molar-refractivity contribution is 7.20. The van der Waals surface area contributed by atoms with Crippen molar-refractivity contribution in [2.24, 2.45) is 0 Å². The first kappa shape index (κ1) is 14.5. The van der Waals surface area contributed by atoms with Gasteiger partial charge in [-0.25, -0.2) is 9.78 Å². The number of carboxylic acids is 1. The van der Waals surface area contributed by atoms with Crippen LogP contribution in [0.25, 0.3) is 21.8 Å². The van der Waals surface area contributed by atoms with Gasteiger partial charge in [-0.1, -0.05) is 35.3 Å². The number of carbonyl (C=O) groups is 1. The Morgan fingerprint density at radius 2 is 1.90 bits per heavy atom. The molecule has 0 saturated heterocycles. The van der Waals surface area contributed by atoms with Gasteiger partial charge in [0.1, 0.15) is 9.34 Å². The van der Waals surface area contributed by atoms with Gasteiger partial charge in [0.15, 0.2) is 0 Å². The average molecular weight is 356 g/mol. The second kappa shape index (κ2) is 5.77. The van der Waals surface area contributed by atoms with Crippen LogP contribution >= 0.6 is 45.9 Å². The predicted molar refractivity (Wildman–Crippen MR) is 87.8 cm³/mol. The Labute approximate surface area is 138 Å². The van der Waals surface area contributed by atoms with Crippen LogP contribution in [0.15, 0.2) is 35.7 Å². The van der Waals surface area contributed by atoms with E-state index in [9.17, 15) is 4.79 Å². The summed E-state index contributed by atoms with van der Waals surface area (Å²) in [6.45, 7) is 0. The lowest BCUT2D eigenvalue weighted by Crippen LogP contribution is -1.94. The first-order valence-electron chi connectivity index (χ1n) is 5.79. The molecule has 2 aromatic heterocycles. The monoisotopic (exact) mass is 355 g/mol. The van der Waals surface area contributed by atoms with Crippen LogP contribution in [0.4, 0.5) is 0 Å². The Hall–Kier alpha value is -1.40. The lowest BCUT2D eigenvalue weighted by molar-refractivity contribution is 0.0697. The first-order chi connectivity index (χ1) is 10.0. The van der Waals surface area contributed by atoms with Crippen LogP contribution < -0.4 is 0 Å². The van der Waals surface area contributed by atoms with Crippen LogP contribution in [0.3, 0.4) is 0 Å². The van der Waals surface area contributed by atoms with Crippen molar-refractivity contribution in [3.05, 3.63) is 49.9 Å². The highest BCUT2D eigenvalue weighted by Gasteiger charge is 2.13. The molecule has 0 aliphatic rings. The molecule has 1 N–H and O–H groups in total. The quantitative estimate of drug-likeness (QED) is 0.670. The van der Waals surface area contributed by atoms with Crippen molar-refractivity contribution in [2.45, 2.75) is 0 Å². The number of benzene rings is 1. The van der Waals surface area contributed by atoms with Crippen molar-refractivity contribution < 1.29 is 9.90 Å². The average Bonchev–Trinajstić information content (AvgIpc) is 3.05. The summed E-state index contributed by atoms with van der Waals surface area (Å²) < 4.78 is 1.23. The number of nitrogens with zero attached hydrogens (tertiary/aromatic N) is 1. The molecule has 0 spiro atoms. The molecule has 0 aliphatic carbocycles. The zero-order valence-electron chi connectivity index (χ0n) is 10.3. The van der Waals surface area contributed by atoms with Gasteiger partial charge in [-0.2, -0.15) is 0 Å². The second-order valence-corrected chi connectivity index (χ2v) is 7.30. The molecule has 21 heavy (non-hydrogen) atoms. The van der Waals surface area contributed by atoms with Crippen molar-refractivity contribution in [1.29, 1.82) is 0 Å². The lowest BCUT2D eigenvalue weighted by atomic mass is 10.1. The standard InChI is InChI=1S/C14H7Cl2NO2S2/c15-11-5-9(12(16)21-11)10-6-20-13(17-10)7-1-3-8(4-2-7)14(18)19/h1-6H,(H,18,19). The SMILES string of the molecule is O=C(O)c1ccc(-c2nc(-c3cc(Cl)sc3Cl)cs2)cc1. The number of aromatic nitrogens is 1. The first-order valence-corrected chi connectivity index (χ1v) is 8.24. The van der Waals surface area contributed by atoms with Gasteiger partial charge in [-0.3, -0.25) is 0 Å². The van der Waals surface area contributed by atoms with Crippen LogP contribution in [0.5, 0.6) is 0 Å². The van der Waals surface area contributed by atoms with Gasteiger partial charge in [0.25, 0.3) is 0 Å². The summed E-state index contributed by atoms with van der Waals surface area (Å²) in [6, 6.07) is 8.41. The number of thiazole rings is 1. The van der Waals surface area contributed by atoms with E-state index in [1.807, 2.05) is 5.38 Å². The van der Waals surface area contributed by atoms with Crippen LogP contribution in [-0.4, -0.2) is 16.1 Å². The van der Waals surface area contributed by atoms with Crippen LogP contribution in [-0.2, 0) is 0 Å². The number of halogens is 2. The Balaban J connectivity index is 1.94. The van der Waals surface area contributed by atoms with Gasteiger partial charge in [-0.05, 0) is 18.2 Å². The summed E-state index contributed by atoms with van der Waals surface area (Å²) in [6.07, 6.45) is 0. The minimum Gasteiger partial charge on any atom is -0.478 e. The highest BCUT2D eigenvalue weighted by atomic mass is 35.5. The van der Waals surface area contributed by atoms with E-state index in [0.717, 1.165) is 21.8 Å². The Kier molecular flexibility index (Phi) is 3.99. The number of rotatable bonds is 3. The van der Waals surface area contributed by atoms with E-state index < -0.39 is 5.97 Å². The summed E-state index contributed by atoms with van der Waals surface area (Å²) in [5, 5.41) is 11.6. The molecule has 106 valence electrons. The molecule has 0 unspecified atom stereocenters. The Morgan fingerprint density at radius 1 is 1.19 bits per heavy atom. The zero-order chi connectivity index (χ0) is 15.0. The van der Waals surface area contributed by atoms with Crippen molar-refractivity contribution in [1.82, 2.24) is 4.98 Å². The number of hydrogen-bond donors (Lipinski definition) is 1. The zero-order valence-corrected chi connectivity index (χ0v) is 13.5. The van der Waals surface area contributed by atoms with Crippen molar-refractivity contribution in [2.75, 3.05) is 0 Å². The maximum Gasteiger partial charge on any atom is 0.335 e. The van der Waals surface area contributed by atoms with Gasteiger partial charge < -0.3 is 5.11 Å². The number of aromatic carboxylic acids is 1. The predicted octanol–water partition coefficient (Wildman–Crippen LogP) is 5.54. The van der Waals surface area contributed by atoms with Crippen molar-refractivity contribution in [3.63, 3.8) is 0 Å². The van der Waals surface area contributed by atoms with Gasteiger partial charge in [0, 0.05) is 16.5 Å². The molecule has 1 aromatic carbocycles. The minimum absolute atomic E-state index is 0.253. The molecule has 2 heterocycles. The van der Waals surface area contributed by atoms with Crippen LogP contribution in [0.1, 0.15) is 10.4 Å². The lowest BCUT2D eigenvalue weighted by Gasteiger charge is -1.97. The molecular weight excluding hydrogens is 349 g/mol. The maximum absolute atomic E-state index is 10.8. The van der Waals surface area contributed by atoms with E-state index in [0.29, 0.717) is 8.67 Å². The van der Waals surface area contributed by atoms with Crippen LogP contribution in [0, 0.1) is 0 Å². The Bertz CT molecular complexity index is 809. The molecule has 0 radical (unpaired) electrons. The third-order valence-corrected chi connectivity index (χ3v) is 5.19. The van der Waals surface area contributed by atoms with Crippen LogP contribution in [0.2, 0.25) is 8.67 Å². The molecule has 0 atom stereocenters. The molecule has 3 nitrogen and oxygen atoms in total. The summed E-state index contributed by atoms with van der Waals surface area (Å²) in [7, 11) is 0. The third-order valence-electron chi connectivity index (χ3n) is 2.82. The third kappa shape index (κ3) is 2.96. The molecule has 0 fully saturated rings. The molecule has 0 bridgehead atoms. The van der Waals surface area contributed by atoms with Crippen molar-refractivity contribution in [3.8, 4) is 21.8 Å². The normalized spacial score (nSPS) is 10.8. The van der Waals surface area contributed by atoms with E-state index in [4.69, 9.17) is 28.3 Å². The molecular formula is C14H7Cl2NO2S2. The summed E-state index contributed by atoms with van der Waals surface area (Å²) in [4.78, 5) is 15.4. The van der Waals surface area contributed by atoms with Gasteiger partial charge in [0.05, 0.1) is 15.6 Å². The van der Waals surface area contributed by atoms with Crippen molar-refractivity contribution >= 4 is 51.8 Å². The van der Waals surface area contributed by atoms with E-state index in [1.165, 1.54) is 22.7 Å². The molecule has 0 aliphatic heterocycles. The van der Waals surface area contributed by atoms with Gasteiger partial charge in [-0.15, -0.1) is 22.7 Å². The number of hydrogen-bond acceptors (Lipinski definition) is 4. The molecule has 0 saturated carbocycles. The van der Waals surface area contributed by atoms with E-state index in [1.54, 1.807) is 30.3 Å². The van der Waals surface area contributed by atoms with Gasteiger partial charge in [0.2, 0.25) is 0 Å². The fourth-order valence-electron chi connectivity index (χ4n) is 1.80. The van der Waals surface area contributed by atoms with E-state index in [2.05, 4.69) is 4.98 Å². The highest BCUT2D eigenvalue weighted by Crippen LogP contribution is 2.39. The number of thiophene rings is 1. The molecule has 0 amide bonds. The molecule has 7 heteroatoms. The summed E-state index contributed by atoms with van der Waals surface area (Å²) >= 11 is 14.8.